The zero-order chi connectivity index (χ0) is 14.0. The van der Waals surface area contributed by atoms with Gasteiger partial charge in [0.25, 0.3) is 0 Å². The maximum Gasteiger partial charge on any atom is 0.329 e. The molecule has 0 bridgehead atoms. The van der Waals surface area contributed by atoms with Crippen LogP contribution in [0.1, 0.15) is 26.7 Å². The van der Waals surface area contributed by atoms with Crippen molar-refractivity contribution in [3.63, 3.8) is 0 Å². The molecule has 0 radical (unpaired) electrons. The van der Waals surface area contributed by atoms with E-state index < -0.39 is 11.5 Å². The van der Waals surface area contributed by atoms with Crippen LogP contribution in [0.25, 0.3) is 11.0 Å². The highest BCUT2D eigenvalue weighted by molar-refractivity contribution is 5.90. The Labute approximate surface area is 110 Å². The van der Waals surface area contributed by atoms with E-state index in [2.05, 4.69) is 20.4 Å². The summed E-state index contributed by atoms with van der Waals surface area (Å²) in [6.07, 6.45) is 3.97. The van der Waals surface area contributed by atoms with Gasteiger partial charge in [0.15, 0.2) is 5.65 Å². The summed E-state index contributed by atoms with van der Waals surface area (Å²) in [5, 5.41) is 17.3. The van der Waals surface area contributed by atoms with Gasteiger partial charge in [0, 0.05) is 7.05 Å². The Morgan fingerprint density at radius 1 is 1.42 bits per heavy atom. The summed E-state index contributed by atoms with van der Waals surface area (Å²) in [5.74, 6) is -0.377. The molecule has 0 spiro atoms. The molecule has 0 aliphatic heterocycles. The number of rotatable bonds is 5. The third kappa shape index (κ3) is 2.11. The lowest BCUT2D eigenvalue weighted by molar-refractivity contribution is -0.142. The van der Waals surface area contributed by atoms with Crippen molar-refractivity contribution in [3.05, 3.63) is 12.5 Å². The van der Waals surface area contributed by atoms with Gasteiger partial charge >= 0.3 is 5.97 Å². The quantitative estimate of drug-likeness (QED) is 0.847. The fourth-order valence-electron chi connectivity index (χ4n) is 2.07. The van der Waals surface area contributed by atoms with Crippen molar-refractivity contribution in [1.82, 2.24) is 19.7 Å². The molecule has 19 heavy (non-hydrogen) atoms. The molecule has 0 amide bonds. The van der Waals surface area contributed by atoms with Gasteiger partial charge in [-0.3, -0.25) is 4.68 Å². The molecular formula is C12H17N5O2. The summed E-state index contributed by atoms with van der Waals surface area (Å²) in [4.78, 5) is 19.8. The lowest BCUT2D eigenvalue weighted by Gasteiger charge is -2.28. The third-order valence-corrected chi connectivity index (χ3v) is 3.50. The number of carboxylic acids is 1. The van der Waals surface area contributed by atoms with Crippen molar-refractivity contribution in [2.45, 2.75) is 32.2 Å². The van der Waals surface area contributed by atoms with Crippen molar-refractivity contribution < 1.29 is 9.90 Å². The monoisotopic (exact) mass is 263 g/mol. The highest BCUT2D eigenvalue weighted by Gasteiger charge is 2.35. The predicted molar refractivity (Wildman–Crippen MR) is 70.9 cm³/mol. The Morgan fingerprint density at radius 3 is 2.68 bits per heavy atom. The van der Waals surface area contributed by atoms with Crippen molar-refractivity contribution in [3.8, 4) is 0 Å². The molecule has 0 atom stereocenters. The summed E-state index contributed by atoms with van der Waals surface area (Å²) >= 11 is 0. The summed E-state index contributed by atoms with van der Waals surface area (Å²) in [7, 11) is 1.78. The molecule has 0 fully saturated rings. The minimum atomic E-state index is -1.02. The van der Waals surface area contributed by atoms with Crippen molar-refractivity contribution >= 4 is 22.8 Å². The molecule has 0 aliphatic carbocycles. The van der Waals surface area contributed by atoms with Crippen LogP contribution in [0.2, 0.25) is 0 Å². The Balaban J connectivity index is 2.48. The van der Waals surface area contributed by atoms with Crippen LogP contribution in [0, 0.1) is 0 Å². The number of aromatic nitrogens is 4. The lowest BCUT2D eigenvalue weighted by Crippen LogP contribution is -2.45. The first-order valence-corrected chi connectivity index (χ1v) is 6.18. The Bertz CT molecular complexity index is 603. The standard InChI is InChI=1S/C12H17N5O2/c1-4-12(5-2,11(18)19)16-9-8-6-15-17(3)10(8)14-7-13-9/h6-7H,4-5H2,1-3H3,(H,18,19)(H,13,14,16). The molecule has 2 aromatic heterocycles. The van der Waals surface area contributed by atoms with E-state index in [0.717, 1.165) is 5.39 Å². The Morgan fingerprint density at radius 2 is 2.11 bits per heavy atom. The van der Waals surface area contributed by atoms with Crippen LogP contribution in [0.15, 0.2) is 12.5 Å². The number of fused-ring (bicyclic) bond motifs is 1. The average Bonchev–Trinajstić information content (AvgIpc) is 2.78. The summed E-state index contributed by atoms with van der Waals surface area (Å²) < 4.78 is 1.63. The van der Waals surface area contributed by atoms with E-state index in [9.17, 15) is 9.90 Å². The zero-order valence-corrected chi connectivity index (χ0v) is 11.2. The van der Waals surface area contributed by atoms with Crippen LogP contribution in [-0.2, 0) is 11.8 Å². The topological polar surface area (TPSA) is 92.9 Å². The van der Waals surface area contributed by atoms with E-state index >= 15 is 0 Å². The number of nitrogens with one attached hydrogen (secondary N) is 1. The minimum Gasteiger partial charge on any atom is -0.480 e. The lowest BCUT2D eigenvalue weighted by atomic mass is 9.93. The largest absolute Gasteiger partial charge is 0.480 e. The predicted octanol–water partition coefficient (Wildman–Crippen LogP) is 1.42. The third-order valence-electron chi connectivity index (χ3n) is 3.50. The van der Waals surface area contributed by atoms with Crippen LogP contribution < -0.4 is 5.32 Å². The number of hydrogen-bond acceptors (Lipinski definition) is 5. The van der Waals surface area contributed by atoms with Gasteiger partial charge in [-0.25, -0.2) is 14.8 Å². The van der Waals surface area contributed by atoms with Gasteiger partial charge in [-0.1, -0.05) is 13.8 Å². The molecule has 0 saturated heterocycles. The maximum absolute atomic E-state index is 11.5. The van der Waals surface area contributed by atoms with Crippen LogP contribution in [-0.4, -0.2) is 36.4 Å². The highest BCUT2D eigenvalue weighted by Crippen LogP contribution is 2.25. The van der Waals surface area contributed by atoms with Crippen LogP contribution in [0.4, 0.5) is 5.82 Å². The molecule has 0 aromatic carbocycles. The molecule has 0 aliphatic rings. The van der Waals surface area contributed by atoms with Gasteiger partial charge in [0.2, 0.25) is 0 Å². The average molecular weight is 263 g/mol. The molecule has 2 heterocycles. The number of aryl methyl sites for hydroxylation is 1. The number of nitrogens with zero attached hydrogens (tertiary/aromatic N) is 4. The summed E-state index contributed by atoms with van der Waals surface area (Å²) in [6.45, 7) is 3.68. The van der Waals surface area contributed by atoms with Gasteiger partial charge in [-0.05, 0) is 12.8 Å². The highest BCUT2D eigenvalue weighted by atomic mass is 16.4. The number of aliphatic carboxylic acids is 1. The van der Waals surface area contributed by atoms with E-state index in [1.54, 1.807) is 17.9 Å². The molecule has 7 nitrogen and oxygen atoms in total. The molecule has 2 aromatic rings. The van der Waals surface area contributed by atoms with Crippen LogP contribution >= 0.6 is 0 Å². The molecule has 7 heteroatoms. The molecule has 2 N–H and O–H groups in total. The first-order chi connectivity index (χ1) is 9.04. The van der Waals surface area contributed by atoms with E-state index in [0.29, 0.717) is 24.3 Å². The molecular weight excluding hydrogens is 246 g/mol. The van der Waals surface area contributed by atoms with E-state index in [-0.39, 0.29) is 0 Å². The second-order valence-corrected chi connectivity index (χ2v) is 4.45. The Kier molecular flexibility index (Phi) is 3.37. The van der Waals surface area contributed by atoms with E-state index in [4.69, 9.17) is 0 Å². The second-order valence-electron chi connectivity index (χ2n) is 4.45. The fourth-order valence-corrected chi connectivity index (χ4v) is 2.07. The minimum absolute atomic E-state index is 0.463. The van der Waals surface area contributed by atoms with Gasteiger partial charge < -0.3 is 10.4 Å². The second kappa shape index (κ2) is 4.83. The van der Waals surface area contributed by atoms with Crippen molar-refractivity contribution in [2.24, 2.45) is 7.05 Å². The fraction of sp³-hybridized carbons (Fsp3) is 0.500. The van der Waals surface area contributed by atoms with Gasteiger partial charge in [0.1, 0.15) is 17.7 Å². The first-order valence-electron chi connectivity index (χ1n) is 6.18. The summed E-state index contributed by atoms with van der Waals surface area (Å²) in [5.41, 5.74) is -0.346. The van der Waals surface area contributed by atoms with Crippen LogP contribution in [0.3, 0.4) is 0 Å². The van der Waals surface area contributed by atoms with E-state index in [1.165, 1.54) is 6.33 Å². The van der Waals surface area contributed by atoms with Crippen molar-refractivity contribution in [1.29, 1.82) is 0 Å². The SMILES string of the molecule is CCC(CC)(Nc1ncnc2c1cnn2C)C(=O)O. The van der Waals surface area contributed by atoms with Crippen molar-refractivity contribution in [2.75, 3.05) is 5.32 Å². The number of anilines is 1. The van der Waals surface area contributed by atoms with Gasteiger partial charge in [-0.15, -0.1) is 0 Å². The normalized spacial score (nSPS) is 11.7. The first kappa shape index (κ1) is 13.3. The molecule has 102 valence electrons. The van der Waals surface area contributed by atoms with Gasteiger partial charge in [-0.2, -0.15) is 5.10 Å². The van der Waals surface area contributed by atoms with Crippen LogP contribution in [0.5, 0.6) is 0 Å². The molecule has 0 unspecified atom stereocenters. The smallest absolute Gasteiger partial charge is 0.329 e. The number of hydrogen-bond donors (Lipinski definition) is 2. The molecule has 0 saturated carbocycles. The Hall–Kier alpha value is -2.18. The summed E-state index contributed by atoms with van der Waals surface area (Å²) in [6, 6.07) is 0. The number of carboxylic acid groups (broad SMARTS) is 1. The van der Waals surface area contributed by atoms with Gasteiger partial charge in [0.05, 0.1) is 11.6 Å². The van der Waals surface area contributed by atoms with E-state index in [1.807, 2.05) is 13.8 Å². The number of carbonyl (C=O) groups is 1. The maximum atomic E-state index is 11.5. The molecule has 2 rings (SSSR count). The zero-order valence-electron chi connectivity index (χ0n) is 11.2.